The van der Waals surface area contributed by atoms with Crippen molar-refractivity contribution >= 4 is 5.91 Å². The van der Waals surface area contributed by atoms with E-state index in [1.54, 1.807) is 0 Å². The van der Waals surface area contributed by atoms with E-state index >= 15 is 0 Å². The van der Waals surface area contributed by atoms with Crippen LogP contribution in [0.15, 0.2) is 24.3 Å². The monoisotopic (exact) mass is 327 g/mol. The number of aromatic amines is 1. The molecule has 1 aliphatic rings. The second kappa shape index (κ2) is 7.07. The molecule has 3 rings (SSSR count). The largest absolute Gasteiger partial charge is 0.492 e. The fourth-order valence-corrected chi connectivity index (χ4v) is 3.34. The van der Waals surface area contributed by atoms with Gasteiger partial charge in [0.2, 0.25) is 5.91 Å². The molecule has 1 N–H and O–H groups in total. The third-order valence-corrected chi connectivity index (χ3v) is 4.81. The van der Waals surface area contributed by atoms with Crippen LogP contribution in [0.1, 0.15) is 28.9 Å². The fourth-order valence-electron chi connectivity index (χ4n) is 3.34. The van der Waals surface area contributed by atoms with Gasteiger partial charge in [-0.25, -0.2) is 0 Å². The maximum atomic E-state index is 12.7. The van der Waals surface area contributed by atoms with Crippen LogP contribution in [0.4, 0.5) is 0 Å². The number of nitrogens with one attached hydrogen (secondary N) is 1. The van der Waals surface area contributed by atoms with Crippen molar-refractivity contribution in [1.29, 1.82) is 0 Å². The lowest BCUT2D eigenvalue weighted by atomic mass is 9.95. The molecule has 1 unspecified atom stereocenters. The molecule has 2 aromatic rings. The summed E-state index contributed by atoms with van der Waals surface area (Å²) in [5.74, 6) is 1.00. The Morgan fingerprint density at radius 2 is 2.17 bits per heavy atom. The normalized spacial score (nSPS) is 16.4. The molecule has 1 aromatic heterocycles. The van der Waals surface area contributed by atoms with E-state index in [9.17, 15) is 4.79 Å². The van der Waals surface area contributed by atoms with Crippen molar-refractivity contribution in [3.8, 4) is 5.75 Å². The van der Waals surface area contributed by atoms with Crippen molar-refractivity contribution in [1.82, 2.24) is 15.1 Å². The first-order chi connectivity index (χ1) is 11.6. The smallest absolute Gasteiger partial charge is 0.229 e. The number of benzene rings is 1. The summed E-state index contributed by atoms with van der Waals surface area (Å²) in [4.78, 5) is 14.5. The number of para-hydroxylation sites is 1. The van der Waals surface area contributed by atoms with Crippen molar-refractivity contribution in [2.75, 3.05) is 20.2 Å². The topological polar surface area (TPSA) is 58.2 Å². The Labute approximate surface area is 143 Å². The lowest BCUT2D eigenvalue weighted by Gasteiger charge is -2.28. The summed E-state index contributed by atoms with van der Waals surface area (Å²) in [6.07, 6.45) is 2.64. The SMILES string of the molecule is Cc1n[nH]c(C)c1CCCN(C)C(=O)C1COc2ccccc2C1. The Morgan fingerprint density at radius 1 is 1.38 bits per heavy atom. The Kier molecular flexibility index (Phi) is 4.88. The molecule has 0 fully saturated rings. The maximum Gasteiger partial charge on any atom is 0.229 e. The van der Waals surface area contributed by atoms with Gasteiger partial charge in [0.1, 0.15) is 12.4 Å². The van der Waals surface area contributed by atoms with Crippen molar-refractivity contribution in [2.45, 2.75) is 33.1 Å². The zero-order valence-electron chi connectivity index (χ0n) is 14.6. The highest BCUT2D eigenvalue weighted by Gasteiger charge is 2.27. The number of H-pyrrole nitrogens is 1. The van der Waals surface area contributed by atoms with Crippen LogP contribution < -0.4 is 4.74 Å². The van der Waals surface area contributed by atoms with E-state index in [1.165, 1.54) is 5.56 Å². The van der Waals surface area contributed by atoms with Gasteiger partial charge in [0.05, 0.1) is 11.6 Å². The molecular formula is C19H25N3O2. The summed E-state index contributed by atoms with van der Waals surface area (Å²) in [5, 5.41) is 7.23. The predicted molar refractivity (Wildman–Crippen MR) is 93.2 cm³/mol. The van der Waals surface area contributed by atoms with Crippen molar-refractivity contribution in [2.24, 2.45) is 5.92 Å². The molecule has 24 heavy (non-hydrogen) atoms. The zero-order valence-corrected chi connectivity index (χ0v) is 14.6. The van der Waals surface area contributed by atoms with Gasteiger partial charge in [0.25, 0.3) is 0 Å². The van der Waals surface area contributed by atoms with E-state index in [2.05, 4.69) is 10.2 Å². The summed E-state index contributed by atoms with van der Waals surface area (Å²) in [7, 11) is 1.89. The number of carbonyl (C=O) groups excluding carboxylic acids is 1. The molecule has 5 nitrogen and oxygen atoms in total. The highest BCUT2D eigenvalue weighted by Crippen LogP contribution is 2.27. The van der Waals surface area contributed by atoms with Crippen LogP contribution in [0.25, 0.3) is 0 Å². The zero-order chi connectivity index (χ0) is 17.1. The molecule has 5 heteroatoms. The lowest BCUT2D eigenvalue weighted by molar-refractivity contribution is -0.135. The third-order valence-electron chi connectivity index (χ3n) is 4.81. The first-order valence-corrected chi connectivity index (χ1v) is 8.52. The first-order valence-electron chi connectivity index (χ1n) is 8.52. The van der Waals surface area contributed by atoms with Crippen LogP contribution in [-0.2, 0) is 17.6 Å². The summed E-state index contributed by atoms with van der Waals surface area (Å²) >= 11 is 0. The fraction of sp³-hybridized carbons (Fsp3) is 0.474. The van der Waals surface area contributed by atoms with Gasteiger partial charge >= 0.3 is 0 Å². The van der Waals surface area contributed by atoms with Crippen LogP contribution in [0, 0.1) is 19.8 Å². The molecule has 0 aliphatic carbocycles. The molecule has 128 valence electrons. The van der Waals surface area contributed by atoms with E-state index < -0.39 is 0 Å². The summed E-state index contributed by atoms with van der Waals surface area (Å²) in [5.41, 5.74) is 4.57. The molecule has 2 heterocycles. The number of ether oxygens (including phenoxy) is 1. The first kappa shape index (κ1) is 16.6. The molecule has 1 aliphatic heterocycles. The van der Waals surface area contributed by atoms with Crippen molar-refractivity contribution < 1.29 is 9.53 Å². The molecule has 0 radical (unpaired) electrons. The average molecular weight is 327 g/mol. The van der Waals surface area contributed by atoms with Gasteiger partial charge in [-0.15, -0.1) is 0 Å². The molecular weight excluding hydrogens is 302 g/mol. The Bertz CT molecular complexity index is 704. The highest BCUT2D eigenvalue weighted by atomic mass is 16.5. The van der Waals surface area contributed by atoms with E-state index in [0.29, 0.717) is 6.61 Å². The minimum absolute atomic E-state index is 0.0812. The number of hydrogen-bond donors (Lipinski definition) is 1. The van der Waals surface area contributed by atoms with Crippen LogP contribution >= 0.6 is 0 Å². The highest BCUT2D eigenvalue weighted by molar-refractivity contribution is 5.79. The number of fused-ring (bicyclic) bond motifs is 1. The Hall–Kier alpha value is -2.30. The van der Waals surface area contributed by atoms with E-state index in [-0.39, 0.29) is 11.8 Å². The molecule has 0 saturated carbocycles. The van der Waals surface area contributed by atoms with Crippen LogP contribution in [0.3, 0.4) is 0 Å². The maximum absolute atomic E-state index is 12.7. The molecule has 1 aromatic carbocycles. The number of aromatic nitrogens is 2. The summed E-state index contributed by atoms with van der Waals surface area (Å²) in [6.45, 7) is 5.28. The Balaban J connectivity index is 1.52. The number of amides is 1. The van der Waals surface area contributed by atoms with Gasteiger partial charge in [0.15, 0.2) is 0 Å². The molecule has 0 spiro atoms. The Morgan fingerprint density at radius 3 is 2.92 bits per heavy atom. The van der Waals surface area contributed by atoms with Crippen molar-refractivity contribution in [3.05, 3.63) is 46.8 Å². The van der Waals surface area contributed by atoms with Crippen LogP contribution in [0.5, 0.6) is 5.75 Å². The van der Waals surface area contributed by atoms with E-state index in [1.807, 2.05) is 50.1 Å². The second-order valence-electron chi connectivity index (χ2n) is 6.60. The summed E-state index contributed by atoms with van der Waals surface area (Å²) < 4.78 is 5.74. The molecule has 1 amide bonds. The standard InChI is InChI=1S/C19H25N3O2/c1-13-17(14(2)21-20-13)8-6-10-22(3)19(23)16-11-15-7-4-5-9-18(15)24-12-16/h4-5,7,9,16H,6,8,10-12H2,1-3H3,(H,20,21). The van der Waals surface area contributed by atoms with Gasteiger partial charge in [-0.05, 0) is 50.3 Å². The molecule has 1 atom stereocenters. The van der Waals surface area contributed by atoms with Crippen molar-refractivity contribution in [3.63, 3.8) is 0 Å². The van der Waals surface area contributed by atoms with Crippen LogP contribution in [-0.4, -0.2) is 41.2 Å². The van der Waals surface area contributed by atoms with E-state index in [4.69, 9.17) is 4.74 Å². The average Bonchev–Trinajstić information content (AvgIpc) is 2.92. The van der Waals surface area contributed by atoms with Crippen LogP contribution in [0.2, 0.25) is 0 Å². The minimum Gasteiger partial charge on any atom is -0.492 e. The number of hydrogen-bond acceptors (Lipinski definition) is 3. The molecule has 0 saturated heterocycles. The van der Waals surface area contributed by atoms with Gasteiger partial charge < -0.3 is 9.64 Å². The number of carbonyl (C=O) groups is 1. The third kappa shape index (κ3) is 3.45. The quantitative estimate of drug-likeness (QED) is 0.918. The number of rotatable bonds is 5. The van der Waals surface area contributed by atoms with E-state index in [0.717, 1.165) is 48.5 Å². The van der Waals surface area contributed by atoms with Gasteiger partial charge in [-0.3, -0.25) is 9.89 Å². The van der Waals surface area contributed by atoms with Gasteiger partial charge in [0, 0.05) is 19.3 Å². The number of nitrogens with zero attached hydrogens (tertiary/aromatic N) is 2. The minimum atomic E-state index is -0.0812. The van der Waals surface area contributed by atoms with Gasteiger partial charge in [-0.1, -0.05) is 18.2 Å². The molecule has 0 bridgehead atoms. The lowest BCUT2D eigenvalue weighted by Crippen LogP contribution is -2.39. The van der Waals surface area contributed by atoms with Gasteiger partial charge in [-0.2, -0.15) is 5.10 Å². The number of aryl methyl sites for hydroxylation is 2. The second-order valence-corrected chi connectivity index (χ2v) is 6.60. The summed E-state index contributed by atoms with van der Waals surface area (Å²) in [6, 6.07) is 7.97. The predicted octanol–water partition coefficient (Wildman–Crippen LogP) is 2.67.